The molecule has 0 bridgehead atoms. The Morgan fingerprint density at radius 3 is 2.75 bits per heavy atom. The molecule has 2 heteroatoms. The number of hydrogen-bond acceptors (Lipinski definition) is 2. The largest absolute Gasteiger partial charge is 0.179 e. The first-order chi connectivity index (χ1) is 5.55. The van der Waals surface area contributed by atoms with Gasteiger partial charge in [0.15, 0.2) is 0 Å². The molecule has 12 heavy (non-hydrogen) atoms. The molecular weight excluding hydrogens is 184 g/mol. The summed E-state index contributed by atoms with van der Waals surface area (Å²) in [7, 11) is 0. The van der Waals surface area contributed by atoms with Crippen molar-refractivity contribution in [3.63, 3.8) is 0 Å². The Kier molecular flexibility index (Phi) is 3.84. The van der Waals surface area contributed by atoms with Crippen molar-refractivity contribution in [1.29, 1.82) is 0 Å². The van der Waals surface area contributed by atoms with Gasteiger partial charge in [-0.25, -0.2) is 0 Å². The van der Waals surface area contributed by atoms with E-state index >= 15 is 0 Å². The summed E-state index contributed by atoms with van der Waals surface area (Å²) < 4.78 is 0.292. The minimum atomic E-state index is 0.292. The maximum atomic E-state index is 4.69. The normalized spacial score (nSPS) is 39.5. The highest BCUT2D eigenvalue weighted by Gasteiger charge is 2.30. The molecule has 1 saturated carbocycles. The Morgan fingerprint density at radius 1 is 1.58 bits per heavy atom. The summed E-state index contributed by atoms with van der Waals surface area (Å²) in [5.74, 6) is 2.65. The first-order valence-corrected chi connectivity index (χ1v) is 5.96. The summed E-state index contributed by atoms with van der Waals surface area (Å²) >= 11 is 9.04. The molecule has 1 fully saturated rings. The van der Waals surface area contributed by atoms with E-state index in [1.807, 2.05) is 0 Å². The zero-order valence-corrected chi connectivity index (χ0v) is 9.87. The van der Waals surface area contributed by atoms with Gasteiger partial charge in [0.25, 0.3) is 0 Å². The van der Waals surface area contributed by atoms with E-state index in [2.05, 4.69) is 39.1 Å². The fourth-order valence-corrected chi connectivity index (χ4v) is 2.84. The average Bonchev–Trinajstić information content (AvgIpc) is 2.01. The highest BCUT2D eigenvalue weighted by atomic mass is 32.1. The molecule has 1 aliphatic rings. The molecule has 0 saturated heterocycles. The maximum Gasteiger partial charge on any atom is 0.0104 e. The molecule has 0 aromatic carbocycles. The van der Waals surface area contributed by atoms with Crippen LogP contribution in [0.3, 0.4) is 0 Å². The Bertz CT molecular complexity index is 143. The van der Waals surface area contributed by atoms with Crippen molar-refractivity contribution in [3.05, 3.63) is 0 Å². The smallest absolute Gasteiger partial charge is 0.0104 e. The Labute approximate surface area is 87.3 Å². The predicted molar refractivity (Wildman–Crippen MR) is 62.4 cm³/mol. The standard InChI is InChI=1S/C10H20S2/c1-8(7-11)9-4-3-5-10(2,12)6-9/h8-9,11-12H,3-7H2,1-2H3/t8-,9?,10?/m1/s1. The van der Waals surface area contributed by atoms with Crippen molar-refractivity contribution in [2.75, 3.05) is 5.75 Å². The lowest BCUT2D eigenvalue weighted by Crippen LogP contribution is -2.30. The summed E-state index contributed by atoms with van der Waals surface area (Å²) in [6.45, 7) is 4.58. The van der Waals surface area contributed by atoms with E-state index in [9.17, 15) is 0 Å². The summed E-state index contributed by atoms with van der Waals surface area (Å²) in [6, 6.07) is 0. The van der Waals surface area contributed by atoms with Crippen LogP contribution in [0, 0.1) is 11.8 Å². The Hall–Kier alpha value is 0.700. The third kappa shape index (κ3) is 2.88. The number of hydrogen-bond donors (Lipinski definition) is 2. The molecule has 0 N–H and O–H groups in total. The van der Waals surface area contributed by atoms with Crippen molar-refractivity contribution in [3.8, 4) is 0 Å². The van der Waals surface area contributed by atoms with Crippen LogP contribution in [0.15, 0.2) is 0 Å². The predicted octanol–water partition coefficient (Wildman–Crippen LogP) is 3.43. The zero-order chi connectivity index (χ0) is 9.19. The van der Waals surface area contributed by atoms with Crippen molar-refractivity contribution in [1.82, 2.24) is 0 Å². The van der Waals surface area contributed by atoms with Crippen molar-refractivity contribution in [2.45, 2.75) is 44.3 Å². The van der Waals surface area contributed by atoms with E-state index < -0.39 is 0 Å². The van der Waals surface area contributed by atoms with Gasteiger partial charge in [0.1, 0.15) is 0 Å². The molecule has 72 valence electrons. The molecule has 0 aromatic heterocycles. The van der Waals surface area contributed by atoms with Crippen LogP contribution < -0.4 is 0 Å². The molecule has 0 radical (unpaired) electrons. The third-order valence-electron chi connectivity index (χ3n) is 3.08. The van der Waals surface area contributed by atoms with Gasteiger partial charge in [-0.3, -0.25) is 0 Å². The van der Waals surface area contributed by atoms with E-state index in [0.717, 1.165) is 17.6 Å². The molecule has 2 unspecified atom stereocenters. The van der Waals surface area contributed by atoms with Crippen LogP contribution in [0.25, 0.3) is 0 Å². The summed E-state index contributed by atoms with van der Waals surface area (Å²) in [6.07, 6.45) is 5.30. The van der Waals surface area contributed by atoms with E-state index in [-0.39, 0.29) is 0 Å². The average molecular weight is 204 g/mol. The fourth-order valence-electron chi connectivity index (χ4n) is 2.15. The topological polar surface area (TPSA) is 0 Å². The molecule has 0 aliphatic heterocycles. The molecule has 0 amide bonds. The first kappa shape index (κ1) is 10.8. The summed E-state index contributed by atoms with van der Waals surface area (Å²) in [4.78, 5) is 0. The van der Waals surface area contributed by atoms with Crippen LogP contribution in [0.1, 0.15) is 39.5 Å². The van der Waals surface area contributed by atoms with E-state index in [1.54, 1.807) is 0 Å². The van der Waals surface area contributed by atoms with Gasteiger partial charge >= 0.3 is 0 Å². The quantitative estimate of drug-likeness (QED) is 0.633. The van der Waals surface area contributed by atoms with Gasteiger partial charge in [-0.2, -0.15) is 25.3 Å². The van der Waals surface area contributed by atoms with Crippen LogP contribution >= 0.6 is 25.3 Å². The van der Waals surface area contributed by atoms with Gasteiger partial charge in [-0.05, 0) is 30.4 Å². The molecule has 0 aromatic rings. The fraction of sp³-hybridized carbons (Fsp3) is 1.00. The van der Waals surface area contributed by atoms with Gasteiger partial charge < -0.3 is 0 Å². The lowest BCUT2D eigenvalue weighted by molar-refractivity contribution is 0.250. The Morgan fingerprint density at radius 2 is 2.25 bits per heavy atom. The van der Waals surface area contributed by atoms with Crippen molar-refractivity contribution < 1.29 is 0 Å². The minimum absolute atomic E-state index is 0.292. The SMILES string of the molecule is C[C@H](CS)C1CCCC(C)(S)C1. The van der Waals surface area contributed by atoms with Gasteiger partial charge in [0.2, 0.25) is 0 Å². The van der Waals surface area contributed by atoms with Crippen molar-refractivity contribution in [2.24, 2.45) is 11.8 Å². The molecular formula is C10H20S2. The molecule has 0 nitrogen and oxygen atoms in total. The van der Waals surface area contributed by atoms with E-state index in [4.69, 9.17) is 0 Å². The zero-order valence-electron chi connectivity index (χ0n) is 8.08. The highest BCUT2D eigenvalue weighted by Crippen LogP contribution is 2.39. The maximum absolute atomic E-state index is 4.69. The van der Waals surface area contributed by atoms with Crippen LogP contribution in [0.4, 0.5) is 0 Å². The van der Waals surface area contributed by atoms with Crippen LogP contribution in [0.2, 0.25) is 0 Å². The lowest BCUT2D eigenvalue weighted by atomic mass is 9.76. The summed E-state index contributed by atoms with van der Waals surface area (Å²) in [5, 5.41) is 0. The lowest BCUT2D eigenvalue weighted by Gasteiger charge is -2.37. The number of thiol groups is 2. The van der Waals surface area contributed by atoms with Crippen LogP contribution in [0.5, 0.6) is 0 Å². The van der Waals surface area contributed by atoms with Gasteiger partial charge in [0, 0.05) is 4.75 Å². The van der Waals surface area contributed by atoms with Gasteiger partial charge in [-0.15, -0.1) is 0 Å². The second-order valence-electron chi connectivity index (χ2n) is 4.51. The minimum Gasteiger partial charge on any atom is -0.179 e. The van der Waals surface area contributed by atoms with E-state index in [0.29, 0.717) is 4.75 Å². The highest BCUT2D eigenvalue weighted by molar-refractivity contribution is 7.81. The molecule has 3 atom stereocenters. The monoisotopic (exact) mass is 204 g/mol. The second-order valence-corrected chi connectivity index (χ2v) is 5.96. The molecule has 0 heterocycles. The van der Waals surface area contributed by atoms with Crippen LogP contribution in [-0.4, -0.2) is 10.5 Å². The number of rotatable bonds is 2. The summed E-state index contributed by atoms with van der Waals surface area (Å²) in [5.41, 5.74) is 0. The second kappa shape index (κ2) is 4.28. The van der Waals surface area contributed by atoms with Crippen LogP contribution in [-0.2, 0) is 0 Å². The van der Waals surface area contributed by atoms with Crippen molar-refractivity contribution >= 4 is 25.3 Å². The Balaban J connectivity index is 2.46. The third-order valence-corrected chi connectivity index (χ3v) is 4.07. The van der Waals surface area contributed by atoms with Gasteiger partial charge in [-0.1, -0.05) is 26.7 Å². The van der Waals surface area contributed by atoms with E-state index in [1.165, 1.54) is 25.7 Å². The molecule has 0 spiro atoms. The molecule has 1 aliphatic carbocycles. The first-order valence-electron chi connectivity index (χ1n) is 4.88. The van der Waals surface area contributed by atoms with Gasteiger partial charge in [0.05, 0.1) is 0 Å². The molecule has 1 rings (SSSR count).